The Morgan fingerprint density at radius 2 is 1.24 bits per heavy atom. The highest BCUT2D eigenvalue weighted by Gasteiger charge is 2.56. The maximum Gasteiger partial charge on any atom is 0.331 e. The molecule has 10 nitrogen and oxygen atoms in total. The Morgan fingerprint density at radius 3 is 1.49 bits per heavy atom. The molecule has 41 heavy (non-hydrogen) atoms. The third kappa shape index (κ3) is 5.30. The van der Waals surface area contributed by atoms with Crippen LogP contribution in [0.3, 0.4) is 0 Å². The van der Waals surface area contributed by atoms with Crippen LogP contribution in [0.4, 0.5) is 0 Å². The summed E-state index contributed by atoms with van der Waals surface area (Å²) in [6.45, 7) is 6.97. The van der Waals surface area contributed by atoms with Crippen LogP contribution < -0.4 is 0 Å². The van der Waals surface area contributed by atoms with Crippen molar-refractivity contribution in [2.45, 2.75) is 75.4 Å². The van der Waals surface area contributed by atoms with Crippen LogP contribution in [0.2, 0.25) is 0 Å². The lowest BCUT2D eigenvalue weighted by Gasteiger charge is -2.20. The molecule has 0 aromatic heterocycles. The lowest BCUT2D eigenvalue weighted by molar-refractivity contribution is -0.133. The van der Waals surface area contributed by atoms with E-state index in [1.165, 1.54) is 6.08 Å². The Balaban J connectivity index is 0.000000114. The third-order valence-corrected chi connectivity index (χ3v) is 8.76. The van der Waals surface area contributed by atoms with Gasteiger partial charge in [0.25, 0.3) is 0 Å². The highest BCUT2D eigenvalue weighted by molar-refractivity contribution is 5.86. The van der Waals surface area contributed by atoms with Gasteiger partial charge in [-0.25, -0.2) is 14.4 Å². The van der Waals surface area contributed by atoms with Crippen molar-refractivity contribution in [3.63, 3.8) is 0 Å². The molecule has 0 radical (unpaired) electrons. The van der Waals surface area contributed by atoms with Crippen molar-refractivity contribution < 1.29 is 48.7 Å². The van der Waals surface area contributed by atoms with E-state index in [9.17, 15) is 14.4 Å². The number of ether oxygens (including phenoxy) is 4. The summed E-state index contributed by atoms with van der Waals surface area (Å²) in [6.07, 6.45) is 14.0. The van der Waals surface area contributed by atoms with Gasteiger partial charge >= 0.3 is 17.9 Å². The molecule has 0 bridgehead atoms. The molecular formula is C31H32O10. The molecule has 0 spiro atoms. The largest absolute Gasteiger partial charge is 0.479 e. The zero-order valence-electron chi connectivity index (χ0n) is 22.6. The minimum Gasteiger partial charge on any atom is -0.479 e. The molecule has 8 rings (SSSR count). The van der Waals surface area contributed by atoms with Gasteiger partial charge in [0, 0.05) is 54.7 Å². The number of allylic oxidation sites excluding steroid dienone is 6. The van der Waals surface area contributed by atoms with Gasteiger partial charge in [-0.2, -0.15) is 0 Å². The molecule has 3 N–H and O–H groups in total. The number of epoxide rings is 2. The summed E-state index contributed by atoms with van der Waals surface area (Å²) >= 11 is 0. The summed E-state index contributed by atoms with van der Waals surface area (Å²) in [5, 5.41) is 26.2. The average Bonchev–Trinajstić information content (AvgIpc) is 3.92. The molecular weight excluding hydrogens is 532 g/mol. The van der Waals surface area contributed by atoms with Crippen LogP contribution in [0, 0.1) is 11.8 Å². The van der Waals surface area contributed by atoms with Gasteiger partial charge in [0.15, 0.2) is 11.2 Å². The zero-order chi connectivity index (χ0) is 29.1. The molecule has 8 aliphatic rings. The van der Waals surface area contributed by atoms with E-state index < -0.39 is 17.9 Å². The van der Waals surface area contributed by atoms with Crippen LogP contribution in [0.5, 0.6) is 0 Å². The van der Waals surface area contributed by atoms with Crippen LogP contribution in [0.15, 0.2) is 82.7 Å². The van der Waals surface area contributed by atoms with E-state index in [-0.39, 0.29) is 34.2 Å². The first kappa shape index (κ1) is 27.0. The summed E-state index contributed by atoms with van der Waals surface area (Å²) in [5.74, 6) is 3.77. The standard InChI is InChI=1S/C13H12O4.2C9H10O3/c14-11(15)5-8(6-1-3-9-12(6)16-9)7-2-4-10-13(7)17-10;2*1-6(8(10)11)5-9-4-2-3-7(9)12-9/h5-7H,1-4H2,(H,14,15);2*3H,1-2,4-5H2,(H,10,11). The summed E-state index contributed by atoms with van der Waals surface area (Å²) < 4.78 is 21.4. The smallest absolute Gasteiger partial charge is 0.331 e. The Labute approximate surface area is 236 Å². The van der Waals surface area contributed by atoms with Crippen LogP contribution >= 0.6 is 0 Å². The van der Waals surface area contributed by atoms with Crippen LogP contribution in [-0.2, 0) is 33.3 Å². The van der Waals surface area contributed by atoms with Crippen LogP contribution in [-0.4, -0.2) is 44.4 Å². The molecule has 4 unspecified atom stereocenters. The SMILES string of the molecule is C=C(CC12CCC=C1O2)C(=O)O.C=C(CC12CCC=C1O2)C(=O)O.O=C(O)C=C(C1CCC2=C1O2)C1CCC2=C1O2. The van der Waals surface area contributed by atoms with E-state index in [2.05, 4.69) is 13.2 Å². The first-order valence-corrected chi connectivity index (χ1v) is 13.9. The van der Waals surface area contributed by atoms with Gasteiger partial charge < -0.3 is 34.3 Å². The van der Waals surface area contributed by atoms with Gasteiger partial charge in [0.1, 0.15) is 34.6 Å². The number of hydrogen-bond donors (Lipinski definition) is 3. The number of hydrogen-bond acceptors (Lipinski definition) is 7. The highest BCUT2D eigenvalue weighted by atomic mass is 16.6. The number of carbonyl (C=O) groups is 3. The van der Waals surface area contributed by atoms with Crippen LogP contribution in [0.25, 0.3) is 0 Å². The van der Waals surface area contributed by atoms with Crippen LogP contribution in [0.1, 0.15) is 64.2 Å². The Kier molecular flexibility index (Phi) is 6.39. The van der Waals surface area contributed by atoms with Crippen molar-refractivity contribution in [1.29, 1.82) is 0 Å². The molecule has 0 aromatic carbocycles. The van der Waals surface area contributed by atoms with Crippen molar-refractivity contribution >= 4 is 17.9 Å². The number of rotatable bonds is 9. The fraction of sp³-hybridized carbons (Fsp3) is 0.452. The van der Waals surface area contributed by atoms with Crippen molar-refractivity contribution in [1.82, 2.24) is 0 Å². The fourth-order valence-electron chi connectivity index (χ4n) is 6.44. The third-order valence-electron chi connectivity index (χ3n) is 8.76. The van der Waals surface area contributed by atoms with E-state index in [1.807, 2.05) is 12.2 Å². The summed E-state index contributed by atoms with van der Waals surface area (Å²) in [5.41, 5.74) is 0.938. The summed E-state index contributed by atoms with van der Waals surface area (Å²) in [7, 11) is 0. The molecule has 4 atom stereocenters. The van der Waals surface area contributed by atoms with E-state index in [0.29, 0.717) is 12.8 Å². The Morgan fingerprint density at radius 1 is 0.805 bits per heavy atom. The van der Waals surface area contributed by atoms with E-state index in [1.54, 1.807) is 0 Å². The zero-order valence-corrected chi connectivity index (χ0v) is 22.6. The molecule has 0 saturated carbocycles. The van der Waals surface area contributed by atoms with E-state index in [0.717, 1.165) is 91.5 Å². The van der Waals surface area contributed by atoms with Crippen molar-refractivity contribution in [3.05, 3.63) is 82.7 Å². The quantitative estimate of drug-likeness (QED) is 0.250. The molecule has 4 aliphatic heterocycles. The molecule has 0 aromatic rings. The summed E-state index contributed by atoms with van der Waals surface area (Å²) in [4.78, 5) is 31.9. The first-order chi connectivity index (χ1) is 19.5. The molecule has 216 valence electrons. The van der Waals surface area contributed by atoms with Crippen molar-refractivity contribution in [2.24, 2.45) is 11.8 Å². The number of aliphatic carboxylic acids is 3. The molecule has 2 saturated heterocycles. The minimum absolute atomic E-state index is 0.183. The lowest BCUT2D eigenvalue weighted by Crippen LogP contribution is -2.14. The second-order valence-electron chi connectivity index (χ2n) is 11.5. The van der Waals surface area contributed by atoms with Gasteiger partial charge in [-0.3, -0.25) is 0 Å². The minimum atomic E-state index is -0.925. The maximum atomic E-state index is 11.0. The van der Waals surface area contributed by atoms with Crippen molar-refractivity contribution in [3.8, 4) is 0 Å². The van der Waals surface area contributed by atoms with Gasteiger partial charge in [-0.1, -0.05) is 13.2 Å². The van der Waals surface area contributed by atoms with Gasteiger partial charge in [-0.05, 0) is 56.3 Å². The second kappa shape index (κ2) is 9.71. The number of carboxylic acid groups (broad SMARTS) is 3. The normalized spacial score (nSPS) is 30.7. The molecule has 10 heteroatoms. The molecule has 4 aliphatic carbocycles. The average molecular weight is 565 g/mol. The van der Waals surface area contributed by atoms with E-state index >= 15 is 0 Å². The fourth-order valence-corrected chi connectivity index (χ4v) is 6.44. The van der Waals surface area contributed by atoms with E-state index in [4.69, 9.17) is 34.3 Å². The number of fused-ring (bicyclic) bond motifs is 2. The molecule has 4 heterocycles. The van der Waals surface area contributed by atoms with Gasteiger partial charge in [-0.15, -0.1) is 0 Å². The predicted molar refractivity (Wildman–Crippen MR) is 142 cm³/mol. The maximum absolute atomic E-state index is 11.0. The topological polar surface area (TPSA) is 162 Å². The molecule has 2 fully saturated rings. The second-order valence-corrected chi connectivity index (χ2v) is 11.5. The lowest BCUT2D eigenvalue weighted by atomic mass is 9.85. The predicted octanol–water partition coefficient (Wildman–Crippen LogP) is 5.23. The Hall–Kier alpha value is -4.21. The van der Waals surface area contributed by atoms with Gasteiger partial charge in [0.05, 0.1) is 0 Å². The monoisotopic (exact) mass is 564 g/mol. The molecule has 0 amide bonds. The summed E-state index contributed by atoms with van der Waals surface area (Å²) in [6, 6.07) is 0. The van der Waals surface area contributed by atoms with Gasteiger partial charge in [0.2, 0.25) is 0 Å². The first-order valence-electron chi connectivity index (χ1n) is 13.9. The van der Waals surface area contributed by atoms with Crippen molar-refractivity contribution in [2.75, 3.05) is 0 Å². The Bertz CT molecular complexity index is 1340. The highest BCUT2D eigenvalue weighted by Crippen LogP contribution is 2.57. The number of carboxylic acids is 3.